The van der Waals surface area contributed by atoms with Crippen molar-refractivity contribution in [1.82, 2.24) is 15.0 Å². The molecule has 25 heavy (non-hydrogen) atoms. The topological polar surface area (TPSA) is 62.7 Å². The van der Waals surface area contributed by atoms with Crippen LogP contribution in [0.2, 0.25) is 0 Å². The van der Waals surface area contributed by atoms with Crippen molar-refractivity contribution < 1.29 is 4.39 Å². The van der Waals surface area contributed by atoms with Gasteiger partial charge in [0.1, 0.15) is 11.6 Å². The van der Waals surface area contributed by atoms with Gasteiger partial charge in [0.2, 0.25) is 5.95 Å². The lowest BCUT2D eigenvalue weighted by molar-refractivity contribution is 0.632. The third-order valence-electron chi connectivity index (χ3n) is 3.78. The number of para-hydroxylation sites is 1. The summed E-state index contributed by atoms with van der Waals surface area (Å²) < 4.78 is 13.9. The number of nitrogens with one attached hydrogen (secondary N) is 2. The summed E-state index contributed by atoms with van der Waals surface area (Å²) in [4.78, 5) is 13.3. The Morgan fingerprint density at radius 1 is 1.04 bits per heavy atom. The number of halogens is 1. The molecule has 2 aromatic heterocycles. The Bertz CT molecular complexity index is 838. The lowest BCUT2D eigenvalue weighted by atomic mass is 10.2. The van der Waals surface area contributed by atoms with Crippen LogP contribution in [0.4, 0.5) is 21.8 Å². The fourth-order valence-corrected chi connectivity index (χ4v) is 2.24. The van der Waals surface area contributed by atoms with Gasteiger partial charge in [-0.2, -0.15) is 4.98 Å². The minimum Gasteiger partial charge on any atom is -0.352 e. The molecule has 2 N–H and O–H groups in total. The summed E-state index contributed by atoms with van der Waals surface area (Å²) in [6.45, 7) is 4.14. The molecule has 1 atom stereocenters. The zero-order valence-corrected chi connectivity index (χ0v) is 14.2. The molecule has 5 nitrogen and oxygen atoms in total. The maximum absolute atomic E-state index is 13.9. The number of anilines is 3. The average Bonchev–Trinajstić information content (AvgIpc) is 2.64. The minimum atomic E-state index is -0.336. The van der Waals surface area contributed by atoms with E-state index in [-0.39, 0.29) is 11.9 Å². The second-order valence-corrected chi connectivity index (χ2v) is 5.74. The van der Waals surface area contributed by atoms with E-state index in [1.54, 1.807) is 30.5 Å². The van der Waals surface area contributed by atoms with Crippen molar-refractivity contribution >= 4 is 17.5 Å². The fraction of sp³-hybridized carbons (Fsp3) is 0.211. The van der Waals surface area contributed by atoms with Gasteiger partial charge in [-0.1, -0.05) is 25.1 Å². The predicted molar refractivity (Wildman–Crippen MR) is 98.3 cm³/mol. The highest BCUT2D eigenvalue weighted by Gasteiger charge is 2.11. The highest BCUT2D eigenvalue weighted by molar-refractivity contribution is 5.65. The summed E-state index contributed by atoms with van der Waals surface area (Å²) >= 11 is 0. The summed E-state index contributed by atoms with van der Waals surface area (Å²) in [5.41, 5.74) is 1.76. The lowest BCUT2D eigenvalue weighted by Gasteiger charge is -2.14. The maximum Gasteiger partial charge on any atom is 0.225 e. The molecule has 0 saturated carbocycles. The molecule has 0 fully saturated rings. The number of aromatic nitrogens is 3. The van der Waals surface area contributed by atoms with Crippen molar-refractivity contribution in [2.75, 3.05) is 10.6 Å². The molecule has 0 aliphatic carbocycles. The van der Waals surface area contributed by atoms with Gasteiger partial charge in [-0.3, -0.25) is 4.98 Å². The van der Waals surface area contributed by atoms with Gasteiger partial charge < -0.3 is 10.6 Å². The molecule has 0 amide bonds. The summed E-state index contributed by atoms with van der Waals surface area (Å²) in [6.07, 6.45) is 2.65. The summed E-state index contributed by atoms with van der Waals surface area (Å²) in [5, 5.41) is 6.28. The van der Waals surface area contributed by atoms with Crippen LogP contribution >= 0.6 is 0 Å². The summed E-state index contributed by atoms with van der Waals surface area (Å²) in [7, 11) is 0. The van der Waals surface area contributed by atoms with Crippen molar-refractivity contribution in [3.63, 3.8) is 0 Å². The van der Waals surface area contributed by atoms with Crippen LogP contribution in [0.25, 0.3) is 11.4 Å². The molecule has 6 heteroatoms. The zero-order valence-electron chi connectivity index (χ0n) is 14.2. The van der Waals surface area contributed by atoms with E-state index in [0.717, 1.165) is 12.1 Å². The molecule has 2 heterocycles. The van der Waals surface area contributed by atoms with E-state index >= 15 is 0 Å². The van der Waals surface area contributed by atoms with Gasteiger partial charge in [0.05, 0.1) is 17.1 Å². The Kier molecular flexibility index (Phi) is 5.18. The van der Waals surface area contributed by atoms with Crippen molar-refractivity contribution in [1.29, 1.82) is 0 Å². The van der Waals surface area contributed by atoms with Gasteiger partial charge in [-0.15, -0.1) is 0 Å². The molecule has 3 rings (SSSR count). The quantitative estimate of drug-likeness (QED) is 0.686. The number of pyridine rings is 1. The van der Waals surface area contributed by atoms with E-state index in [2.05, 4.69) is 39.4 Å². The Labute approximate surface area is 146 Å². The molecule has 0 spiro atoms. The van der Waals surface area contributed by atoms with Crippen molar-refractivity contribution in [2.45, 2.75) is 26.3 Å². The van der Waals surface area contributed by atoms with Gasteiger partial charge >= 0.3 is 0 Å². The van der Waals surface area contributed by atoms with Crippen LogP contribution in [-0.2, 0) is 0 Å². The van der Waals surface area contributed by atoms with Gasteiger partial charge in [0.15, 0.2) is 0 Å². The average molecular weight is 337 g/mol. The smallest absolute Gasteiger partial charge is 0.225 e. The van der Waals surface area contributed by atoms with Crippen LogP contribution in [0.3, 0.4) is 0 Å². The first-order valence-corrected chi connectivity index (χ1v) is 8.24. The monoisotopic (exact) mass is 337 g/mol. The molecule has 0 aliphatic rings. The van der Waals surface area contributed by atoms with Crippen molar-refractivity contribution in [3.05, 3.63) is 60.5 Å². The zero-order chi connectivity index (χ0) is 17.6. The molecule has 0 unspecified atom stereocenters. The van der Waals surface area contributed by atoms with Crippen LogP contribution in [-0.4, -0.2) is 21.0 Å². The second-order valence-electron chi connectivity index (χ2n) is 5.74. The van der Waals surface area contributed by atoms with Crippen LogP contribution in [0.15, 0.2) is 54.7 Å². The Balaban J connectivity index is 1.99. The van der Waals surface area contributed by atoms with Crippen molar-refractivity contribution in [2.24, 2.45) is 0 Å². The Hall–Kier alpha value is -3.02. The SMILES string of the molecule is CC[C@H](C)Nc1nc(Nc2ccccc2F)cc(-c2ccccn2)n1. The molecule has 128 valence electrons. The Morgan fingerprint density at radius 2 is 1.84 bits per heavy atom. The van der Waals surface area contributed by atoms with Crippen LogP contribution < -0.4 is 10.6 Å². The van der Waals surface area contributed by atoms with Crippen molar-refractivity contribution in [3.8, 4) is 11.4 Å². The van der Waals surface area contributed by atoms with Gasteiger partial charge in [0.25, 0.3) is 0 Å². The number of hydrogen-bond donors (Lipinski definition) is 2. The fourth-order valence-electron chi connectivity index (χ4n) is 2.24. The highest BCUT2D eigenvalue weighted by Crippen LogP contribution is 2.24. The minimum absolute atomic E-state index is 0.222. The second kappa shape index (κ2) is 7.70. The molecule has 0 aliphatic heterocycles. The predicted octanol–water partition coefficient (Wildman–Crippen LogP) is 4.63. The number of hydrogen-bond acceptors (Lipinski definition) is 5. The molecular weight excluding hydrogens is 317 g/mol. The van der Waals surface area contributed by atoms with E-state index in [1.165, 1.54) is 6.07 Å². The van der Waals surface area contributed by atoms with Crippen LogP contribution in [0.1, 0.15) is 20.3 Å². The first-order valence-electron chi connectivity index (χ1n) is 8.24. The normalized spacial score (nSPS) is 11.8. The third kappa shape index (κ3) is 4.29. The maximum atomic E-state index is 13.9. The van der Waals surface area contributed by atoms with Crippen LogP contribution in [0, 0.1) is 5.82 Å². The molecular formula is C19H20FN5. The van der Waals surface area contributed by atoms with E-state index in [0.29, 0.717) is 23.1 Å². The summed E-state index contributed by atoms with van der Waals surface area (Å²) in [5.74, 6) is 0.653. The highest BCUT2D eigenvalue weighted by atomic mass is 19.1. The standard InChI is InChI=1S/C19H20FN5/c1-3-13(2)22-19-24-17(16-10-6-7-11-21-16)12-18(25-19)23-15-9-5-4-8-14(15)20/h4-13H,3H2,1-2H3,(H2,22,23,24,25)/t13-/m0/s1. The van der Waals surface area contributed by atoms with Crippen LogP contribution in [0.5, 0.6) is 0 Å². The molecule has 1 aromatic carbocycles. The first-order chi connectivity index (χ1) is 12.2. The van der Waals surface area contributed by atoms with E-state index < -0.39 is 0 Å². The number of rotatable bonds is 6. The van der Waals surface area contributed by atoms with E-state index in [4.69, 9.17) is 0 Å². The molecule has 0 bridgehead atoms. The van der Waals surface area contributed by atoms with Gasteiger partial charge in [0, 0.05) is 18.3 Å². The van der Waals surface area contributed by atoms with E-state index in [9.17, 15) is 4.39 Å². The largest absolute Gasteiger partial charge is 0.352 e. The third-order valence-corrected chi connectivity index (χ3v) is 3.78. The summed E-state index contributed by atoms with van der Waals surface area (Å²) in [6, 6.07) is 14.1. The lowest BCUT2D eigenvalue weighted by Crippen LogP contribution is -2.16. The number of nitrogens with zero attached hydrogens (tertiary/aromatic N) is 3. The van der Waals surface area contributed by atoms with Gasteiger partial charge in [-0.25, -0.2) is 9.37 Å². The number of benzene rings is 1. The molecule has 3 aromatic rings. The molecule has 0 radical (unpaired) electrons. The molecule has 0 saturated heterocycles. The van der Waals surface area contributed by atoms with E-state index in [1.807, 2.05) is 18.2 Å². The first kappa shape index (κ1) is 16.8. The van der Waals surface area contributed by atoms with Gasteiger partial charge in [-0.05, 0) is 37.6 Å². The Morgan fingerprint density at radius 3 is 2.56 bits per heavy atom.